The molecule has 0 atom stereocenters. The lowest BCUT2D eigenvalue weighted by atomic mass is 9.61. The molecular formula is C25H29N7O. The molecule has 1 aromatic carbocycles. The van der Waals surface area contributed by atoms with Crippen LogP contribution in [0.1, 0.15) is 51.5 Å². The molecule has 0 radical (unpaired) electrons. The second-order valence-electron chi connectivity index (χ2n) is 10.6. The summed E-state index contributed by atoms with van der Waals surface area (Å²) in [5.41, 5.74) is 0.829. The van der Waals surface area contributed by atoms with Crippen LogP contribution in [0.25, 0.3) is 16.7 Å². The van der Waals surface area contributed by atoms with Gasteiger partial charge in [0, 0.05) is 36.5 Å². The molecule has 4 fully saturated rings. The van der Waals surface area contributed by atoms with Crippen LogP contribution in [0.15, 0.2) is 30.5 Å². The fourth-order valence-electron chi connectivity index (χ4n) is 5.89. The molecule has 2 aliphatic heterocycles. The summed E-state index contributed by atoms with van der Waals surface area (Å²) in [6, 6.07) is 11.1. The van der Waals surface area contributed by atoms with E-state index in [4.69, 9.17) is 9.97 Å². The second-order valence-corrected chi connectivity index (χ2v) is 10.6. The van der Waals surface area contributed by atoms with Crippen LogP contribution in [-0.4, -0.2) is 50.1 Å². The van der Waals surface area contributed by atoms with Crippen molar-refractivity contribution >= 4 is 22.7 Å². The molecule has 4 aliphatic rings. The molecule has 2 saturated heterocycles. The Hall–Kier alpha value is -3.18. The Labute approximate surface area is 193 Å². The molecule has 2 bridgehead atoms. The zero-order valence-corrected chi connectivity index (χ0v) is 19.3. The molecule has 33 heavy (non-hydrogen) atoms. The number of anilines is 2. The van der Waals surface area contributed by atoms with Crippen molar-refractivity contribution < 1.29 is 5.11 Å². The first-order valence-electron chi connectivity index (χ1n) is 11.7. The highest BCUT2D eigenvalue weighted by Crippen LogP contribution is 2.58. The topological polar surface area (TPSA) is 103 Å². The van der Waals surface area contributed by atoms with Gasteiger partial charge in [-0.3, -0.25) is 0 Å². The lowest BCUT2D eigenvalue weighted by Gasteiger charge is -2.45. The third-order valence-electron chi connectivity index (χ3n) is 8.44. The quantitative estimate of drug-likeness (QED) is 0.622. The number of hydrogen-bond donors (Lipinski definition) is 2. The SMILES string of the molecule is CNc1nc(N2CC3(C(C)(C)O)CC2C3)cc(-n2ncc3ccc(C4(C#N)CCC4)cc32)n1. The Balaban J connectivity index is 1.42. The van der Waals surface area contributed by atoms with E-state index < -0.39 is 5.60 Å². The van der Waals surface area contributed by atoms with Gasteiger partial charge in [-0.25, -0.2) is 4.68 Å². The summed E-state index contributed by atoms with van der Waals surface area (Å²) in [5.74, 6) is 2.08. The normalized spacial score (nSPS) is 25.4. The van der Waals surface area contributed by atoms with Gasteiger partial charge in [0.15, 0.2) is 5.82 Å². The van der Waals surface area contributed by atoms with Gasteiger partial charge in [0.25, 0.3) is 0 Å². The van der Waals surface area contributed by atoms with E-state index in [0.717, 1.165) is 60.9 Å². The van der Waals surface area contributed by atoms with Crippen molar-refractivity contribution in [2.45, 2.75) is 63.0 Å². The number of nitrogens with one attached hydrogen (secondary N) is 1. The predicted molar refractivity (Wildman–Crippen MR) is 126 cm³/mol. The Kier molecular flexibility index (Phi) is 4.13. The largest absolute Gasteiger partial charge is 0.390 e. The Morgan fingerprint density at radius 3 is 2.55 bits per heavy atom. The van der Waals surface area contributed by atoms with Crippen molar-refractivity contribution in [1.82, 2.24) is 19.7 Å². The summed E-state index contributed by atoms with van der Waals surface area (Å²) in [6.07, 6.45) is 6.71. The highest BCUT2D eigenvalue weighted by molar-refractivity contribution is 5.81. The molecule has 2 aliphatic carbocycles. The maximum absolute atomic E-state index is 10.7. The summed E-state index contributed by atoms with van der Waals surface area (Å²) in [4.78, 5) is 11.8. The molecule has 3 aromatic rings. The van der Waals surface area contributed by atoms with Crippen molar-refractivity contribution in [3.8, 4) is 11.9 Å². The molecule has 7 rings (SSSR count). The average Bonchev–Trinajstić information content (AvgIpc) is 3.44. The van der Waals surface area contributed by atoms with Crippen molar-refractivity contribution in [2.24, 2.45) is 5.41 Å². The molecule has 8 nitrogen and oxygen atoms in total. The van der Waals surface area contributed by atoms with E-state index >= 15 is 0 Å². The molecular weight excluding hydrogens is 414 g/mol. The van der Waals surface area contributed by atoms with Crippen LogP contribution < -0.4 is 10.2 Å². The fourth-order valence-corrected chi connectivity index (χ4v) is 5.89. The van der Waals surface area contributed by atoms with Crippen LogP contribution in [-0.2, 0) is 5.41 Å². The maximum Gasteiger partial charge on any atom is 0.226 e. The monoisotopic (exact) mass is 443 g/mol. The van der Waals surface area contributed by atoms with Crippen LogP contribution in [0.3, 0.4) is 0 Å². The minimum Gasteiger partial charge on any atom is -0.390 e. The fraction of sp³-hybridized carbons (Fsp3) is 0.520. The molecule has 0 unspecified atom stereocenters. The van der Waals surface area contributed by atoms with Gasteiger partial charge >= 0.3 is 0 Å². The third kappa shape index (κ3) is 2.81. The molecule has 2 saturated carbocycles. The van der Waals surface area contributed by atoms with E-state index in [1.165, 1.54) is 0 Å². The van der Waals surface area contributed by atoms with Gasteiger partial charge < -0.3 is 15.3 Å². The predicted octanol–water partition coefficient (Wildman–Crippen LogP) is 3.54. The van der Waals surface area contributed by atoms with Crippen molar-refractivity contribution in [1.29, 1.82) is 5.26 Å². The lowest BCUT2D eigenvalue weighted by Crippen LogP contribution is -2.50. The summed E-state index contributed by atoms with van der Waals surface area (Å²) in [6.45, 7) is 4.62. The molecule has 4 heterocycles. The highest BCUT2D eigenvalue weighted by atomic mass is 16.3. The number of nitriles is 1. The Bertz CT molecular complexity index is 1290. The van der Waals surface area contributed by atoms with Gasteiger partial charge in [0.2, 0.25) is 5.95 Å². The molecule has 2 N–H and O–H groups in total. The number of benzene rings is 1. The summed E-state index contributed by atoms with van der Waals surface area (Å²) < 4.78 is 1.85. The number of aliphatic hydroxyl groups is 1. The molecule has 2 aromatic heterocycles. The van der Waals surface area contributed by atoms with Gasteiger partial charge in [-0.2, -0.15) is 20.3 Å². The van der Waals surface area contributed by atoms with Gasteiger partial charge in [0.05, 0.1) is 28.8 Å². The molecule has 0 spiro atoms. The van der Waals surface area contributed by atoms with Crippen molar-refractivity contribution in [3.63, 3.8) is 0 Å². The number of nitrogens with zero attached hydrogens (tertiary/aromatic N) is 6. The smallest absolute Gasteiger partial charge is 0.226 e. The maximum atomic E-state index is 10.7. The highest BCUT2D eigenvalue weighted by Gasteiger charge is 2.62. The van der Waals surface area contributed by atoms with Crippen LogP contribution in [0.4, 0.5) is 11.8 Å². The van der Waals surface area contributed by atoms with E-state index in [9.17, 15) is 10.4 Å². The van der Waals surface area contributed by atoms with Gasteiger partial charge in [-0.15, -0.1) is 0 Å². The van der Waals surface area contributed by atoms with E-state index in [2.05, 4.69) is 39.6 Å². The van der Waals surface area contributed by atoms with E-state index in [1.807, 2.05) is 37.8 Å². The lowest BCUT2D eigenvalue weighted by molar-refractivity contribution is -0.0754. The minimum absolute atomic E-state index is 0.0791. The molecule has 0 amide bonds. The van der Waals surface area contributed by atoms with Crippen molar-refractivity contribution in [3.05, 3.63) is 36.0 Å². The first-order chi connectivity index (χ1) is 15.8. The zero-order chi connectivity index (χ0) is 23.0. The first-order valence-corrected chi connectivity index (χ1v) is 11.7. The van der Waals surface area contributed by atoms with Crippen LogP contribution in [0.5, 0.6) is 0 Å². The van der Waals surface area contributed by atoms with Crippen molar-refractivity contribution in [2.75, 3.05) is 23.8 Å². The standard InChI is InChI=1S/C25H29N7O/c1-23(2,33)25-11-18(12-25)31(15-25)20-10-21(30-22(27-3)29-20)32-19-9-17(6-5-16(19)13-28-32)24(14-26)7-4-8-24/h5-6,9-10,13,18,33H,4,7-8,11-12,15H2,1-3H3,(H,27,29,30). The van der Waals surface area contributed by atoms with E-state index in [0.29, 0.717) is 17.8 Å². The summed E-state index contributed by atoms with van der Waals surface area (Å²) >= 11 is 0. The molecule has 170 valence electrons. The zero-order valence-electron chi connectivity index (χ0n) is 19.3. The number of hydrogen-bond acceptors (Lipinski definition) is 7. The first kappa shape index (κ1) is 20.4. The van der Waals surface area contributed by atoms with Crippen LogP contribution in [0.2, 0.25) is 0 Å². The average molecular weight is 444 g/mol. The van der Waals surface area contributed by atoms with Crippen LogP contribution >= 0.6 is 0 Å². The number of rotatable bonds is 5. The Morgan fingerprint density at radius 1 is 1.18 bits per heavy atom. The third-order valence-corrected chi connectivity index (χ3v) is 8.44. The van der Waals surface area contributed by atoms with Gasteiger partial charge in [0.1, 0.15) is 5.82 Å². The number of fused-ring (bicyclic) bond motifs is 2. The van der Waals surface area contributed by atoms with Gasteiger partial charge in [-0.05, 0) is 57.6 Å². The number of aromatic nitrogens is 4. The van der Waals surface area contributed by atoms with E-state index in [-0.39, 0.29) is 10.8 Å². The van der Waals surface area contributed by atoms with Gasteiger partial charge in [-0.1, -0.05) is 12.1 Å². The molecule has 8 heteroatoms. The summed E-state index contributed by atoms with van der Waals surface area (Å²) in [7, 11) is 1.82. The Morgan fingerprint density at radius 2 is 1.94 bits per heavy atom. The van der Waals surface area contributed by atoms with E-state index in [1.54, 1.807) is 0 Å². The summed E-state index contributed by atoms with van der Waals surface area (Å²) in [5, 5.41) is 29.3. The minimum atomic E-state index is -0.716. The van der Waals surface area contributed by atoms with Crippen LogP contribution in [0, 0.1) is 16.7 Å². The second kappa shape index (κ2) is 6.67.